The van der Waals surface area contributed by atoms with E-state index < -0.39 is 0 Å². The largest absolute Gasteiger partial charge is 0.469 e. The second-order valence-corrected chi connectivity index (χ2v) is 13.9. The van der Waals surface area contributed by atoms with Gasteiger partial charge in [-0.05, 0) is 91.8 Å². The van der Waals surface area contributed by atoms with Crippen molar-refractivity contribution in [3.63, 3.8) is 0 Å². The molecule has 4 aliphatic carbocycles. The van der Waals surface area contributed by atoms with Gasteiger partial charge in [0.05, 0.1) is 25.4 Å². The van der Waals surface area contributed by atoms with Crippen LogP contribution < -0.4 is 0 Å². The van der Waals surface area contributed by atoms with Gasteiger partial charge in [-0.15, -0.1) is 0 Å². The molecule has 0 aromatic rings. The van der Waals surface area contributed by atoms with Gasteiger partial charge in [0, 0.05) is 33.2 Å². The van der Waals surface area contributed by atoms with Gasteiger partial charge in [0.2, 0.25) is 0 Å². The third-order valence-electron chi connectivity index (χ3n) is 12.4. The molecule has 4 saturated carbocycles. The zero-order valence-corrected chi connectivity index (χ0v) is 27.0. The minimum Gasteiger partial charge on any atom is -0.469 e. The molecule has 0 aromatic heterocycles. The lowest BCUT2D eigenvalue weighted by Crippen LogP contribution is -2.66. The monoisotopic (exact) mass is 582 g/mol. The van der Waals surface area contributed by atoms with Crippen LogP contribution in [-0.4, -0.2) is 73.1 Å². The zero-order valence-electron chi connectivity index (χ0n) is 27.0. The molecule has 8 nitrogen and oxygen atoms in total. The maximum absolute atomic E-state index is 12.0. The first-order valence-corrected chi connectivity index (χ1v) is 16.1. The standard InChI is InChI=1S/C33H58O8/c1-9-23-26-16-22(39-18-35-5)14-15-32(26,3)27-17-28(40-19-36-6)33(4)24(21(2)10-13-29(34)38-8)11-12-25(33)30(27)31(23)41-20-37-7/h21-28,30-31H,9-20H2,1-8H3/t21-,22-,23-,24-,25?,26+,27?,28+,30?,31?,32+,33-/m1/s1. The van der Waals surface area contributed by atoms with Crippen LogP contribution in [0.3, 0.4) is 0 Å². The van der Waals surface area contributed by atoms with Crippen molar-refractivity contribution in [2.45, 2.75) is 104 Å². The molecule has 0 heterocycles. The molecule has 0 bridgehead atoms. The van der Waals surface area contributed by atoms with Crippen LogP contribution in [0.4, 0.5) is 0 Å². The van der Waals surface area contributed by atoms with Crippen LogP contribution in [0.2, 0.25) is 0 Å². The first-order valence-electron chi connectivity index (χ1n) is 16.1. The van der Waals surface area contributed by atoms with Gasteiger partial charge in [-0.2, -0.15) is 0 Å². The van der Waals surface area contributed by atoms with Gasteiger partial charge in [0.25, 0.3) is 0 Å². The van der Waals surface area contributed by atoms with Gasteiger partial charge in [0.1, 0.15) is 20.4 Å². The summed E-state index contributed by atoms with van der Waals surface area (Å²) in [5.74, 6) is 3.10. The Bertz CT molecular complexity index is 838. The highest BCUT2D eigenvalue weighted by Gasteiger charge is 2.68. The first-order chi connectivity index (χ1) is 19.7. The summed E-state index contributed by atoms with van der Waals surface area (Å²) < 4.78 is 40.9. The summed E-state index contributed by atoms with van der Waals surface area (Å²) >= 11 is 0. The lowest BCUT2D eigenvalue weighted by atomic mass is 9.40. The summed E-state index contributed by atoms with van der Waals surface area (Å²) in [6.07, 6.45) is 9.46. The lowest BCUT2D eigenvalue weighted by molar-refractivity contribution is -0.267. The van der Waals surface area contributed by atoms with E-state index >= 15 is 0 Å². The number of methoxy groups -OCH3 is 4. The average Bonchev–Trinajstić information content (AvgIpc) is 3.34. The lowest BCUT2D eigenvalue weighted by Gasteiger charge is -2.66. The van der Waals surface area contributed by atoms with Crippen molar-refractivity contribution < 1.29 is 38.0 Å². The van der Waals surface area contributed by atoms with E-state index in [0.29, 0.717) is 68.2 Å². The molecule has 12 atom stereocenters. The number of esters is 1. The fourth-order valence-corrected chi connectivity index (χ4v) is 10.6. The fourth-order valence-electron chi connectivity index (χ4n) is 10.6. The Morgan fingerprint density at radius 1 is 0.854 bits per heavy atom. The zero-order chi connectivity index (χ0) is 29.8. The Kier molecular flexibility index (Phi) is 11.6. The van der Waals surface area contributed by atoms with Crippen LogP contribution in [0.15, 0.2) is 0 Å². The van der Waals surface area contributed by atoms with Gasteiger partial charge in [0.15, 0.2) is 0 Å². The number of rotatable bonds is 14. The highest BCUT2D eigenvalue weighted by molar-refractivity contribution is 5.69. The smallest absolute Gasteiger partial charge is 0.305 e. The molecule has 4 aliphatic rings. The van der Waals surface area contributed by atoms with E-state index in [1.165, 1.54) is 13.5 Å². The topological polar surface area (TPSA) is 81.7 Å². The number of hydrogen-bond acceptors (Lipinski definition) is 8. The molecule has 0 N–H and O–H groups in total. The average molecular weight is 583 g/mol. The van der Waals surface area contributed by atoms with E-state index in [9.17, 15) is 4.79 Å². The summed E-state index contributed by atoms with van der Waals surface area (Å²) in [7, 11) is 6.63. The number of ether oxygens (including phenoxy) is 7. The predicted molar refractivity (Wildman–Crippen MR) is 156 cm³/mol. The van der Waals surface area contributed by atoms with Crippen molar-refractivity contribution in [3.8, 4) is 0 Å². The maximum Gasteiger partial charge on any atom is 0.305 e. The molecular formula is C33H58O8. The van der Waals surface area contributed by atoms with Crippen molar-refractivity contribution in [2.24, 2.45) is 52.3 Å². The third kappa shape index (κ3) is 6.26. The molecule has 0 aromatic carbocycles. The first kappa shape index (κ1) is 33.1. The minimum absolute atomic E-state index is 0.0236. The second kappa shape index (κ2) is 14.3. The second-order valence-electron chi connectivity index (χ2n) is 13.9. The van der Waals surface area contributed by atoms with Crippen LogP contribution in [0.1, 0.15) is 85.5 Å². The Balaban J connectivity index is 1.71. The minimum atomic E-state index is -0.123. The molecule has 0 spiro atoms. The number of fused-ring (bicyclic) bond motifs is 5. The van der Waals surface area contributed by atoms with E-state index in [4.69, 9.17) is 33.2 Å². The van der Waals surface area contributed by atoms with Crippen molar-refractivity contribution in [3.05, 3.63) is 0 Å². The molecule has 0 saturated heterocycles. The molecule has 0 aliphatic heterocycles. The Hall–Kier alpha value is -0.770. The van der Waals surface area contributed by atoms with E-state index in [2.05, 4.69) is 27.7 Å². The molecule has 41 heavy (non-hydrogen) atoms. The van der Waals surface area contributed by atoms with Crippen molar-refractivity contribution >= 4 is 5.97 Å². The maximum atomic E-state index is 12.0. The van der Waals surface area contributed by atoms with Crippen LogP contribution in [0, 0.1) is 52.3 Å². The van der Waals surface area contributed by atoms with Crippen LogP contribution in [0.25, 0.3) is 0 Å². The molecule has 4 fully saturated rings. The summed E-state index contributed by atoms with van der Waals surface area (Å²) in [6, 6.07) is 0. The molecule has 238 valence electrons. The van der Waals surface area contributed by atoms with Gasteiger partial charge < -0.3 is 33.2 Å². The van der Waals surface area contributed by atoms with Gasteiger partial charge in [-0.1, -0.05) is 34.1 Å². The van der Waals surface area contributed by atoms with Crippen molar-refractivity contribution in [2.75, 3.05) is 48.8 Å². The summed E-state index contributed by atoms with van der Waals surface area (Å²) in [6.45, 7) is 10.7. The van der Waals surface area contributed by atoms with E-state index in [1.807, 2.05) is 0 Å². The molecule has 0 radical (unpaired) electrons. The number of hydrogen-bond donors (Lipinski definition) is 0. The summed E-state index contributed by atoms with van der Waals surface area (Å²) in [5.41, 5.74) is 0.167. The van der Waals surface area contributed by atoms with Gasteiger partial charge in [-0.25, -0.2) is 0 Å². The summed E-state index contributed by atoms with van der Waals surface area (Å²) in [4.78, 5) is 12.0. The quantitative estimate of drug-likeness (QED) is 0.181. The Morgan fingerprint density at radius 2 is 1.54 bits per heavy atom. The van der Waals surface area contributed by atoms with Crippen molar-refractivity contribution in [1.82, 2.24) is 0 Å². The summed E-state index contributed by atoms with van der Waals surface area (Å²) in [5, 5.41) is 0. The highest BCUT2D eigenvalue weighted by atomic mass is 16.7. The van der Waals surface area contributed by atoms with Crippen molar-refractivity contribution in [1.29, 1.82) is 0 Å². The number of carbonyl (C=O) groups is 1. The van der Waals surface area contributed by atoms with Crippen LogP contribution in [-0.2, 0) is 38.0 Å². The van der Waals surface area contributed by atoms with E-state index in [1.54, 1.807) is 21.3 Å². The van der Waals surface area contributed by atoms with Crippen LogP contribution >= 0.6 is 0 Å². The molecule has 4 rings (SSSR count). The SMILES string of the molecule is CC[C@H]1C(OCOC)C2C3CC[C@H]([C@H](C)CCC(=O)OC)[C@@]3(C)[C@@H](OCOC)CC2[C@@]2(C)CC[C@@H](OCOC)C[C@@H]12. The molecular weight excluding hydrogens is 524 g/mol. The van der Waals surface area contributed by atoms with Gasteiger partial charge in [-0.3, -0.25) is 4.79 Å². The third-order valence-corrected chi connectivity index (χ3v) is 12.4. The highest BCUT2D eigenvalue weighted by Crippen LogP contribution is 2.70. The van der Waals surface area contributed by atoms with Gasteiger partial charge >= 0.3 is 5.97 Å². The van der Waals surface area contributed by atoms with Crippen LogP contribution in [0.5, 0.6) is 0 Å². The van der Waals surface area contributed by atoms with E-state index in [-0.39, 0.29) is 35.1 Å². The number of carbonyl (C=O) groups excluding carboxylic acids is 1. The molecule has 8 heteroatoms. The fraction of sp³-hybridized carbons (Fsp3) is 0.970. The Labute approximate surface area is 248 Å². The molecule has 4 unspecified atom stereocenters. The molecule has 0 amide bonds. The predicted octanol–water partition coefficient (Wildman–Crippen LogP) is 6.06. The normalized spacial score (nSPS) is 42.7. The Morgan fingerprint density at radius 3 is 2.20 bits per heavy atom. The van der Waals surface area contributed by atoms with E-state index in [0.717, 1.165) is 44.9 Å².